The van der Waals surface area contributed by atoms with Crippen LogP contribution in [0.1, 0.15) is 24.1 Å². The average Bonchev–Trinajstić information content (AvgIpc) is 2.89. The first kappa shape index (κ1) is 17.8. The van der Waals surface area contributed by atoms with Crippen LogP contribution in [0, 0.1) is 5.92 Å². The van der Waals surface area contributed by atoms with E-state index in [0.717, 1.165) is 17.9 Å². The van der Waals surface area contributed by atoms with Crippen LogP contribution in [0.4, 0.5) is 5.69 Å². The van der Waals surface area contributed by atoms with Crippen molar-refractivity contribution in [3.8, 4) is 5.75 Å². The van der Waals surface area contributed by atoms with Gasteiger partial charge >= 0.3 is 0 Å². The lowest BCUT2D eigenvalue weighted by molar-refractivity contribution is 0.0831. The van der Waals surface area contributed by atoms with Crippen LogP contribution in [-0.2, 0) is 6.42 Å². The van der Waals surface area contributed by atoms with Gasteiger partial charge in [-0.05, 0) is 61.8 Å². The zero-order chi connectivity index (χ0) is 17.8. The van der Waals surface area contributed by atoms with Crippen LogP contribution < -0.4 is 10.1 Å². The largest absolute Gasteiger partial charge is 0.491 e. The van der Waals surface area contributed by atoms with Crippen molar-refractivity contribution >= 4 is 5.69 Å². The lowest BCUT2D eigenvalue weighted by Gasteiger charge is -2.20. The Bertz CT molecular complexity index is 685. The molecule has 1 aliphatic carbocycles. The molecular weight excluding hydrogens is 312 g/mol. The van der Waals surface area contributed by atoms with Gasteiger partial charge in [0.1, 0.15) is 18.5 Å². The van der Waals surface area contributed by atoms with E-state index < -0.39 is 6.10 Å². The molecule has 0 fully saturated rings. The third-order valence-electron chi connectivity index (χ3n) is 4.70. The highest BCUT2D eigenvalue weighted by atomic mass is 16.5. The number of aliphatic hydroxyl groups is 1. The highest BCUT2D eigenvalue weighted by Gasteiger charge is 2.28. The monoisotopic (exact) mass is 340 g/mol. The summed E-state index contributed by atoms with van der Waals surface area (Å²) in [6.07, 6.45) is 0.641. The molecule has 0 amide bonds. The van der Waals surface area contributed by atoms with Crippen molar-refractivity contribution in [2.75, 3.05) is 32.6 Å². The standard InChI is InChI=1S/C21H28N2O2/c1-15-12-16-6-4-5-7-20(16)21(15)22-17-8-10-19(11-9-17)25-14-18(24)13-23(2)3/h4-11,15,18,21-22,24H,12-14H2,1-3H3. The minimum absolute atomic E-state index is 0.304. The summed E-state index contributed by atoms with van der Waals surface area (Å²) in [6, 6.07) is 17.0. The van der Waals surface area contributed by atoms with Crippen LogP contribution in [-0.4, -0.2) is 43.4 Å². The molecule has 0 saturated carbocycles. The van der Waals surface area contributed by atoms with Crippen molar-refractivity contribution in [1.29, 1.82) is 0 Å². The van der Waals surface area contributed by atoms with Gasteiger partial charge in [0, 0.05) is 12.2 Å². The molecule has 4 heteroatoms. The first-order valence-corrected chi connectivity index (χ1v) is 8.93. The maximum atomic E-state index is 9.87. The summed E-state index contributed by atoms with van der Waals surface area (Å²) in [5.74, 6) is 1.36. The van der Waals surface area contributed by atoms with Crippen LogP contribution in [0.25, 0.3) is 0 Å². The summed E-state index contributed by atoms with van der Waals surface area (Å²) in [5, 5.41) is 13.5. The van der Waals surface area contributed by atoms with Crippen molar-refractivity contribution in [3.05, 3.63) is 59.7 Å². The second kappa shape index (κ2) is 7.89. The Kier molecular flexibility index (Phi) is 5.61. The SMILES string of the molecule is CC1Cc2ccccc2C1Nc1ccc(OCC(O)CN(C)C)cc1. The van der Waals surface area contributed by atoms with Gasteiger partial charge in [0.2, 0.25) is 0 Å². The highest BCUT2D eigenvalue weighted by Crippen LogP contribution is 2.38. The molecule has 3 unspecified atom stereocenters. The van der Waals surface area contributed by atoms with E-state index in [1.54, 1.807) is 0 Å². The Balaban J connectivity index is 1.58. The van der Waals surface area contributed by atoms with E-state index in [1.165, 1.54) is 11.1 Å². The molecule has 0 radical (unpaired) electrons. The molecule has 134 valence electrons. The number of hydrogen-bond acceptors (Lipinski definition) is 4. The van der Waals surface area contributed by atoms with Crippen molar-refractivity contribution in [2.24, 2.45) is 5.92 Å². The van der Waals surface area contributed by atoms with Gasteiger partial charge in [0.15, 0.2) is 0 Å². The van der Waals surface area contributed by atoms with Crippen molar-refractivity contribution < 1.29 is 9.84 Å². The number of benzene rings is 2. The summed E-state index contributed by atoms with van der Waals surface area (Å²) >= 11 is 0. The van der Waals surface area contributed by atoms with E-state index in [-0.39, 0.29) is 0 Å². The summed E-state index contributed by atoms with van der Waals surface area (Å²) in [5.41, 5.74) is 3.94. The molecule has 2 N–H and O–H groups in total. The van der Waals surface area contributed by atoms with Gasteiger partial charge in [-0.15, -0.1) is 0 Å². The smallest absolute Gasteiger partial charge is 0.119 e. The van der Waals surface area contributed by atoms with E-state index in [4.69, 9.17) is 4.74 Å². The molecule has 3 rings (SSSR count). The molecule has 0 aliphatic heterocycles. The van der Waals surface area contributed by atoms with Crippen LogP contribution >= 0.6 is 0 Å². The average molecular weight is 340 g/mol. The van der Waals surface area contributed by atoms with E-state index in [1.807, 2.05) is 43.3 Å². The predicted octanol–water partition coefficient (Wildman–Crippen LogP) is 3.33. The highest BCUT2D eigenvalue weighted by molar-refractivity contribution is 5.50. The van der Waals surface area contributed by atoms with Crippen molar-refractivity contribution in [2.45, 2.75) is 25.5 Å². The van der Waals surface area contributed by atoms with E-state index in [2.05, 4.69) is 36.5 Å². The second-order valence-electron chi connectivity index (χ2n) is 7.25. The Labute approximate surface area is 150 Å². The van der Waals surface area contributed by atoms with Gasteiger partial charge < -0.3 is 20.1 Å². The molecule has 3 atom stereocenters. The number of ether oxygens (including phenoxy) is 1. The first-order valence-electron chi connectivity index (χ1n) is 8.93. The molecule has 2 aromatic rings. The molecule has 25 heavy (non-hydrogen) atoms. The van der Waals surface area contributed by atoms with Gasteiger partial charge in [-0.25, -0.2) is 0 Å². The van der Waals surface area contributed by atoms with Gasteiger partial charge in [-0.2, -0.15) is 0 Å². The molecule has 0 spiro atoms. The number of hydrogen-bond donors (Lipinski definition) is 2. The maximum absolute atomic E-state index is 9.87. The van der Waals surface area contributed by atoms with Crippen LogP contribution in [0.3, 0.4) is 0 Å². The Morgan fingerprint density at radius 3 is 2.60 bits per heavy atom. The molecule has 0 aromatic heterocycles. The fraction of sp³-hybridized carbons (Fsp3) is 0.429. The third kappa shape index (κ3) is 4.53. The molecule has 4 nitrogen and oxygen atoms in total. The first-order chi connectivity index (χ1) is 12.0. The lowest BCUT2D eigenvalue weighted by Crippen LogP contribution is -2.30. The minimum atomic E-state index is -0.483. The van der Waals surface area contributed by atoms with Gasteiger partial charge in [0.25, 0.3) is 0 Å². The van der Waals surface area contributed by atoms with E-state index in [9.17, 15) is 5.11 Å². The third-order valence-corrected chi connectivity index (χ3v) is 4.70. The van der Waals surface area contributed by atoms with Gasteiger partial charge in [-0.3, -0.25) is 0 Å². The van der Waals surface area contributed by atoms with Crippen molar-refractivity contribution in [1.82, 2.24) is 4.90 Å². The predicted molar refractivity (Wildman–Crippen MR) is 102 cm³/mol. The quantitative estimate of drug-likeness (QED) is 0.811. The molecule has 2 aromatic carbocycles. The fourth-order valence-corrected chi connectivity index (χ4v) is 3.51. The van der Waals surface area contributed by atoms with Crippen LogP contribution in [0.5, 0.6) is 5.75 Å². The molecule has 0 bridgehead atoms. The van der Waals surface area contributed by atoms with E-state index in [0.29, 0.717) is 25.1 Å². The number of likely N-dealkylation sites (N-methyl/N-ethyl adjacent to an activating group) is 1. The number of nitrogens with one attached hydrogen (secondary N) is 1. The lowest BCUT2D eigenvalue weighted by atomic mass is 10.0. The molecule has 1 aliphatic rings. The number of fused-ring (bicyclic) bond motifs is 1. The normalized spacial score (nSPS) is 20.4. The van der Waals surface area contributed by atoms with Crippen molar-refractivity contribution in [3.63, 3.8) is 0 Å². The molecule has 0 saturated heterocycles. The molecular formula is C21H28N2O2. The van der Waals surface area contributed by atoms with Crippen LogP contribution in [0.2, 0.25) is 0 Å². The zero-order valence-corrected chi connectivity index (χ0v) is 15.3. The summed E-state index contributed by atoms with van der Waals surface area (Å²) < 4.78 is 5.67. The number of nitrogens with zero attached hydrogens (tertiary/aromatic N) is 1. The van der Waals surface area contributed by atoms with Gasteiger partial charge in [-0.1, -0.05) is 31.2 Å². The maximum Gasteiger partial charge on any atom is 0.119 e. The van der Waals surface area contributed by atoms with Gasteiger partial charge in [0.05, 0.1) is 6.04 Å². The Morgan fingerprint density at radius 2 is 1.88 bits per heavy atom. The zero-order valence-electron chi connectivity index (χ0n) is 15.3. The minimum Gasteiger partial charge on any atom is -0.491 e. The van der Waals surface area contributed by atoms with Crippen LogP contribution in [0.15, 0.2) is 48.5 Å². The number of rotatable bonds is 7. The fourth-order valence-electron chi connectivity index (χ4n) is 3.51. The Morgan fingerprint density at radius 1 is 1.16 bits per heavy atom. The summed E-state index contributed by atoms with van der Waals surface area (Å²) in [7, 11) is 3.87. The van der Waals surface area contributed by atoms with E-state index >= 15 is 0 Å². The number of aliphatic hydroxyl groups excluding tert-OH is 1. The summed E-state index contributed by atoms with van der Waals surface area (Å²) in [4.78, 5) is 1.95. The number of anilines is 1. The second-order valence-corrected chi connectivity index (χ2v) is 7.25. The Hall–Kier alpha value is -2.04. The molecule has 0 heterocycles. The topological polar surface area (TPSA) is 44.7 Å². The summed E-state index contributed by atoms with van der Waals surface area (Å²) in [6.45, 7) is 3.19.